The fraction of sp³-hybridized carbons (Fsp3) is 0.364. The van der Waals surface area contributed by atoms with Crippen LogP contribution in [0.3, 0.4) is 0 Å². The average Bonchev–Trinajstić information content (AvgIpc) is 3.09. The Labute approximate surface area is 188 Å². The molecular weight excluding hydrogens is 435 g/mol. The monoisotopic (exact) mass is 459 g/mol. The SMILES string of the molecule is C=CC(=O)Nc1cc2nc(N3CCC[C@@H](Nc4ncc(C(F)(F)F)cn4)C3)n(C)c2cc1C. The van der Waals surface area contributed by atoms with Gasteiger partial charge in [-0.25, -0.2) is 15.0 Å². The van der Waals surface area contributed by atoms with Crippen molar-refractivity contribution in [3.8, 4) is 0 Å². The predicted molar refractivity (Wildman–Crippen MR) is 120 cm³/mol. The maximum absolute atomic E-state index is 12.7. The molecule has 11 heteroatoms. The van der Waals surface area contributed by atoms with Crippen molar-refractivity contribution in [1.29, 1.82) is 0 Å². The van der Waals surface area contributed by atoms with Crippen molar-refractivity contribution in [2.45, 2.75) is 32.0 Å². The van der Waals surface area contributed by atoms with Crippen LogP contribution in [0.15, 0.2) is 37.2 Å². The van der Waals surface area contributed by atoms with Crippen LogP contribution in [0.25, 0.3) is 11.0 Å². The van der Waals surface area contributed by atoms with Gasteiger partial charge in [-0.1, -0.05) is 6.58 Å². The van der Waals surface area contributed by atoms with E-state index in [1.165, 1.54) is 6.08 Å². The average molecular weight is 459 g/mol. The van der Waals surface area contributed by atoms with Crippen LogP contribution in [0.5, 0.6) is 0 Å². The van der Waals surface area contributed by atoms with Crippen molar-refractivity contribution in [3.63, 3.8) is 0 Å². The maximum atomic E-state index is 12.7. The molecular formula is C22H24F3N7O. The molecule has 0 bridgehead atoms. The summed E-state index contributed by atoms with van der Waals surface area (Å²) in [5, 5.41) is 5.93. The van der Waals surface area contributed by atoms with Crippen LogP contribution in [0.1, 0.15) is 24.0 Å². The number of alkyl halides is 3. The molecule has 0 saturated carbocycles. The number of imidazole rings is 1. The molecule has 1 aliphatic rings. The van der Waals surface area contributed by atoms with Gasteiger partial charge in [0.25, 0.3) is 0 Å². The highest BCUT2D eigenvalue weighted by atomic mass is 19.4. The number of benzene rings is 1. The minimum absolute atomic E-state index is 0.0422. The van der Waals surface area contributed by atoms with Crippen molar-refractivity contribution in [3.05, 3.63) is 48.3 Å². The minimum atomic E-state index is -4.47. The molecule has 2 aromatic heterocycles. The largest absolute Gasteiger partial charge is 0.419 e. The molecule has 0 spiro atoms. The summed E-state index contributed by atoms with van der Waals surface area (Å²) in [4.78, 5) is 26.2. The van der Waals surface area contributed by atoms with E-state index >= 15 is 0 Å². The van der Waals surface area contributed by atoms with E-state index in [-0.39, 0.29) is 17.9 Å². The van der Waals surface area contributed by atoms with Crippen LogP contribution >= 0.6 is 0 Å². The van der Waals surface area contributed by atoms with Gasteiger partial charge in [-0.15, -0.1) is 0 Å². The van der Waals surface area contributed by atoms with Crippen LogP contribution < -0.4 is 15.5 Å². The zero-order valence-corrected chi connectivity index (χ0v) is 18.3. The molecule has 3 aromatic rings. The Kier molecular flexibility index (Phi) is 5.96. The standard InChI is InChI=1S/C22H24F3N7O/c1-4-19(33)29-16-9-17-18(8-13(16)2)31(3)21(30-17)32-7-5-6-15(12-32)28-20-26-10-14(11-27-20)22(23,24)25/h4,8-11,15H,1,5-7,12H2,2-3H3,(H,29,33)(H,26,27,28)/t15-/m1/s1. The molecule has 2 N–H and O–H groups in total. The number of hydrogen-bond acceptors (Lipinski definition) is 6. The number of fused-ring (bicyclic) bond motifs is 1. The summed E-state index contributed by atoms with van der Waals surface area (Å²) < 4.78 is 40.2. The molecule has 1 amide bonds. The van der Waals surface area contributed by atoms with Gasteiger partial charge in [0, 0.05) is 44.3 Å². The summed E-state index contributed by atoms with van der Waals surface area (Å²) in [7, 11) is 1.93. The molecule has 4 rings (SSSR count). The van der Waals surface area contributed by atoms with E-state index in [1.54, 1.807) is 0 Å². The summed E-state index contributed by atoms with van der Waals surface area (Å²) >= 11 is 0. The van der Waals surface area contributed by atoms with Crippen molar-refractivity contribution in [1.82, 2.24) is 19.5 Å². The van der Waals surface area contributed by atoms with Crippen molar-refractivity contribution in [2.75, 3.05) is 28.6 Å². The molecule has 0 unspecified atom stereocenters. The molecule has 33 heavy (non-hydrogen) atoms. The second-order valence-electron chi connectivity index (χ2n) is 8.04. The van der Waals surface area contributed by atoms with Gasteiger partial charge in [0.1, 0.15) is 0 Å². The molecule has 1 fully saturated rings. The summed E-state index contributed by atoms with van der Waals surface area (Å²) in [6, 6.07) is 3.77. The third-order valence-electron chi connectivity index (χ3n) is 5.66. The molecule has 1 atom stereocenters. The molecule has 0 aliphatic carbocycles. The van der Waals surface area contributed by atoms with E-state index < -0.39 is 11.7 Å². The summed E-state index contributed by atoms with van der Waals surface area (Å²) in [6.07, 6.45) is 0.0313. The Morgan fingerprint density at radius 2 is 2.00 bits per heavy atom. The van der Waals surface area contributed by atoms with Gasteiger partial charge in [0.15, 0.2) is 0 Å². The number of hydrogen-bond donors (Lipinski definition) is 2. The van der Waals surface area contributed by atoms with Crippen LogP contribution in [-0.4, -0.2) is 44.6 Å². The Hall–Kier alpha value is -3.63. The summed E-state index contributed by atoms with van der Waals surface area (Å²) in [5.74, 6) is 0.651. The number of halogens is 3. The third kappa shape index (κ3) is 4.76. The van der Waals surface area contributed by atoms with Crippen molar-refractivity contribution >= 4 is 34.5 Å². The van der Waals surface area contributed by atoms with Crippen molar-refractivity contribution < 1.29 is 18.0 Å². The number of anilines is 3. The topological polar surface area (TPSA) is 88.0 Å². The second kappa shape index (κ2) is 8.72. The fourth-order valence-electron chi connectivity index (χ4n) is 3.94. The second-order valence-corrected chi connectivity index (χ2v) is 8.04. The van der Waals surface area contributed by atoms with Crippen molar-refractivity contribution in [2.24, 2.45) is 7.05 Å². The summed E-state index contributed by atoms with van der Waals surface area (Å²) in [5.41, 5.74) is 2.38. The quantitative estimate of drug-likeness (QED) is 0.563. The van der Waals surface area contributed by atoms with Gasteiger partial charge in [0.2, 0.25) is 17.8 Å². The third-order valence-corrected chi connectivity index (χ3v) is 5.66. The van der Waals surface area contributed by atoms with Crippen LogP contribution in [-0.2, 0) is 18.0 Å². The molecule has 1 aliphatic heterocycles. The first-order valence-electron chi connectivity index (χ1n) is 10.5. The Morgan fingerprint density at radius 1 is 1.27 bits per heavy atom. The smallest absolute Gasteiger partial charge is 0.350 e. The first-order valence-corrected chi connectivity index (χ1v) is 10.5. The van der Waals surface area contributed by atoms with Gasteiger partial charge in [-0.2, -0.15) is 13.2 Å². The molecule has 1 aromatic carbocycles. The number of carbonyl (C=O) groups is 1. The molecule has 3 heterocycles. The van der Waals surface area contributed by atoms with E-state index in [9.17, 15) is 18.0 Å². The van der Waals surface area contributed by atoms with E-state index in [2.05, 4.69) is 32.1 Å². The molecule has 1 saturated heterocycles. The van der Waals surface area contributed by atoms with Gasteiger partial charge in [-0.3, -0.25) is 4.79 Å². The number of aryl methyl sites for hydroxylation is 2. The van der Waals surface area contributed by atoms with E-state index in [4.69, 9.17) is 4.98 Å². The zero-order valence-electron chi connectivity index (χ0n) is 18.3. The lowest BCUT2D eigenvalue weighted by Crippen LogP contribution is -2.43. The Balaban J connectivity index is 1.52. The van der Waals surface area contributed by atoms with Crippen LogP contribution in [0.2, 0.25) is 0 Å². The number of amides is 1. The van der Waals surface area contributed by atoms with Gasteiger partial charge in [0.05, 0.1) is 16.6 Å². The Bertz CT molecular complexity index is 1190. The van der Waals surface area contributed by atoms with E-state index in [1.807, 2.05) is 30.7 Å². The minimum Gasteiger partial charge on any atom is -0.350 e. The van der Waals surface area contributed by atoms with Gasteiger partial charge < -0.3 is 20.1 Å². The number of piperidine rings is 1. The van der Waals surface area contributed by atoms with E-state index in [0.29, 0.717) is 12.2 Å². The molecule has 0 radical (unpaired) electrons. The molecule has 8 nitrogen and oxygen atoms in total. The van der Waals surface area contributed by atoms with Gasteiger partial charge in [-0.05, 0) is 43.5 Å². The van der Waals surface area contributed by atoms with E-state index in [0.717, 1.165) is 54.3 Å². The predicted octanol–water partition coefficient (Wildman–Crippen LogP) is 3.90. The van der Waals surface area contributed by atoms with Gasteiger partial charge >= 0.3 is 6.18 Å². The number of nitrogens with one attached hydrogen (secondary N) is 2. The maximum Gasteiger partial charge on any atom is 0.419 e. The number of rotatable bonds is 5. The lowest BCUT2D eigenvalue weighted by atomic mass is 10.1. The molecule has 174 valence electrons. The zero-order chi connectivity index (χ0) is 23.8. The number of carbonyl (C=O) groups excluding carboxylic acids is 1. The highest BCUT2D eigenvalue weighted by Gasteiger charge is 2.31. The normalized spacial score (nSPS) is 16.6. The summed E-state index contributed by atoms with van der Waals surface area (Å²) in [6.45, 7) is 6.78. The number of nitrogens with zero attached hydrogens (tertiary/aromatic N) is 5. The first-order chi connectivity index (χ1) is 15.7. The lowest BCUT2D eigenvalue weighted by Gasteiger charge is -2.33. The first kappa shape index (κ1) is 22.6. The lowest BCUT2D eigenvalue weighted by molar-refractivity contribution is -0.138. The number of aromatic nitrogens is 4. The highest BCUT2D eigenvalue weighted by molar-refractivity contribution is 6.00. The highest BCUT2D eigenvalue weighted by Crippen LogP contribution is 2.30. The Morgan fingerprint density at radius 3 is 2.67 bits per heavy atom. The fourth-order valence-corrected chi connectivity index (χ4v) is 3.94. The van der Waals surface area contributed by atoms with Crippen LogP contribution in [0, 0.1) is 6.92 Å². The van der Waals surface area contributed by atoms with Crippen LogP contribution in [0.4, 0.5) is 30.8 Å².